The van der Waals surface area contributed by atoms with Crippen molar-refractivity contribution in [2.45, 2.75) is 26.7 Å². The van der Waals surface area contributed by atoms with E-state index in [-0.39, 0.29) is 0 Å². The van der Waals surface area contributed by atoms with E-state index >= 15 is 0 Å². The Bertz CT molecular complexity index is 328. The maximum atomic E-state index is 5.65. The first-order valence-corrected chi connectivity index (χ1v) is 7.38. The fourth-order valence-electron chi connectivity index (χ4n) is 2.06. The van der Waals surface area contributed by atoms with Gasteiger partial charge in [-0.2, -0.15) is 0 Å². The van der Waals surface area contributed by atoms with Crippen LogP contribution in [0.4, 0.5) is 0 Å². The first-order chi connectivity index (χ1) is 9.36. The molecule has 0 aliphatic rings. The van der Waals surface area contributed by atoms with Crippen LogP contribution in [0.25, 0.3) is 6.08 Å². The van der Waals surface area contributed by atoms with Crippen LogP contribution >= 0.6 is 0 Å². The summed E-state index contributed by atoms with van der Waals surface area (Å²) in [5.74, 6) is 0. The third-order valence-corrected chi connectivity index (χ3v) is 2.96. The molecule has 1 aromatic carbocycles. The zero-order chi connectivity index (χ0) is 13.8. The molecule has 1 aromatic rings. The van der Waals surface area contributed by atoms with Gasteiger partial charge in [0.2, 0.25) is 0 Å². The van der Waals surface area contributed by atoms with Crippen LogP contribution in [0.5, 0.6) is 0 Å². The van der Waals surface area contributed by atoms with Crippen molar-refractivity contribution in [1.82, 2.24) is 4.90 Å². The Morgan fingerprint density at radius 3 is 2.32 bits per heavy atom. The van der Waals surface area contributed by atoms with Crippen LogP contribution in [0.15, 0.2) is 36.4 Å². The third-order valence-electron chi connectivity index (χ3n) is 2.96. The summed E-state index contributed by atoms with van der Waals surface area (Å²) in [5.41, 5.74) is 1.23. The second-order valence-electron chi connectivity index (χ2n) is 4.73. The molecule has 0 spiro atoms. The molecule has 2 nitrogen and oxygen atoms in total. The standard InChI is InChI=1S/C17H27NO/c1-3-12-18(13-4-2)14-16-19-15-8-11-17-9-6-5-7-10-17/h5-11H,3-4,12-16H2,1-2H3/b11-8+. The minimum absolute atomic E-state index is 0.695. The summed E-state index contributed by atoms with van der Waals surface area (Å²) in [5, 5.41) is 0. The lowest BCUT2D eigenvalue weighted by atomic mass is 10.2. The number of hydrogen-bond acceptors (Lipinski definition) is 2. The molecule has 0 atom stereocenters. The number of ether oxygens (including phenoxy) is 1. The van der Waals surface area contributed by atoms with Crippen LogP contribution in [0.1, 0.15) is 32.3 Å². The molecule has 0 saturated heterocycles. The minimum atomic E-state index is 0.695. The lowest BCUT2D eigenvalue weighted by molar-refractivity contribution is 0.124. The van der Waals surface area contributed by atoms with E-state index < -0.39 is 0 Å². The summed E-state index contributed by atoms with van der Waals surface area (Å²) in [6.45, 7) is 9.37. The average Bonchev–Trinajstić information content (AvgIpc) is 2.44. The molecule has 0 bridgehead atoms. The van der Waals surface area contributed by atoms with Crippen molar-refractivity contribution >= 4 is 6.08 Å². The van der Waals surface area contributed by atoms with Gasteiger partial charge >= 0.3 is 0 Å². The second-order valence-corrected chi connectivity index (χ2v) is 4.73. The molecule has 0 aliphatic carbocycles. The van der Waals surface area contributed by atoms with Crippen molar-refractivity contribution < 1.29 is 4.74 Å². The van der Waals surface area contributed by atoms with Gasteiger partial charge in [-0.15, -0.1) is 0 Å². The maximum Gasteiger partial charge on any atom is 0.0651 e. The van der Waals surface area contributed by atoms with Crippen molar-refractivity contribution in [3.63, 3.8) is 0 Å². The van der Waals surface area contributed by atoms with Crippen molar-refractivity contribution in [2.75, 3.05) is 32.8 Å². The Morgan fingerprint density at radius 2 is 1.68 bits per heavy atom. The van der Waals surface area contributed by atoms with E-state index in [9.17, 15) is 0 Å². The fourth-order valence-corrected chi connectivity index (χ4v) is 2.06. The molecule has 2 heteroatoms. The molecular formula is C17H27NO. The minimum Gasteiger partial charge on any atom is -0.376 e. The Morgan fingerprint density at radius 1 is 1.00 bits per heavy atom. The van der Waals surface area contributed by atoms with Gasteiger partial charge in [-0.05, 0) is 31.5 Å². The highest BCUT2D eigenvalue weighted by atomic mass is 16.5. The molecule has 0 amide bonds. The maximum absolute atomic E-state index is 5.65. The van der Waals surface area contributed by atoms with Crippen molar-refractivity contribution in [2.24, 2.45) is 0 Å². The van der Waals surface area contributed by atoms with Crippen molar-refractivity contribution in [3.8, 4) is 0 Å². The number of hydrogen-bond donors (Lipinski definition) is 0. The van der Waals surface area contributed by atoms with Gasteiger partial charge in [0.15, 0.2) is 0 Å². The first-order valence-electron chi connectivity index (χ1n) is 7.38. The van der Waals surface area contributed by atoms with Gasteiger partial charge in [0.1, 0.15) is 0 Å². The van der Waals surface area contributed by atoms with E-state index in [1.165, 1.54) is 31.5 Å². The predicted octanol–water partition coefficient (Wildman–Crippen LogP) is 3.84. The third kappa shape index (κ3) is 7.81. The normalized spacial score (nSPS) is 11.5. The zero-order valence-electron chi connectivity index (χ0n) is 12.3. The molecule has 1 rings (SSSR count). The Labute approximate surface area is 118 Å². The summed E-state index contributed by atoms with van der Waals surface area (Å²) < 4.78 is 5.65. The van der Waals surface area contributed by atoms with Crippen LogP contribution in [0, 0.1) is 0 Å². The SMILES string of the molecule is CCCN(CCC)CCOC/C=C/c1ccccc1. The van der Waals surface area contributed by atoms with Crippen LogP contribution in [-0.4, -0.2) is 37.7 Å². The van der Waals surface area contributed by atoms with E-state index in [1.54, 1.807) is 0 Å². The Hall–Kier alpha value is -1.12. The van der Waals surface area contributed by atoms with Gasteiger partial charge in [-0.1, -0.05) is 56.3 Å². The Balaban J connectivity index is 2.11. The van der Waals surface area contributed by atoms with Crippen LogP contribution < -0.4 is 0 Å². The largest absolute Gasteiger partial charge is 0.376 e. The number of rotatable bonds is 10. The van der Waals surface area contributed by atoms with Gasteiger partial charge in [0, 0.05) is 6.54 Å². The molecule has 0 fully saturated rings. The topological polar surface area (TPSA) is 12.5 Å². The van der Waals surface area contributed by atoms with E-state index in [2.05, 4.69) is 43.0 Å². The van der Waals surface area contributed by atoms with Crippen molar-refractivity contribution in [3.05, 3.63) is 42.0 Å². The molecule has 0 unspecified atom stereocenters. The highest BCUT2D eigenvalue weighted by Gasteiger charge is 2.00. The monoisotopic (exact) mass is 261 g/mol. The summed E-state index contributed by atoms with van der Waals surface area (Å²) in [4.78, 5) is 2.47. The van der Waals surface area contributed by atoms with Gasteiger partial charge in [0.25, 0.3) is 0 Å². The first kappa shape index (κ1) is 15.9. The Kier molecular flexibility index (Phi) is 9.03. The number of nitrogens with zero attached hydrogens (tertiary/aromatic N) is 1. The van der Waals surface area contributed by atoms with E-state index in [4.69, 9.17) is 4.74 Å². The highest BCUT2D eigenvalue weighted by molar-refractivity contribution is 5.48. The van der Waals surface area contributed by atoms with Crippen LogP contribution in [0.2, 0.25) is 0 Å². The van der Waals surface area contributed by atoms with E-state index in [0.717, 1.165) is 13.2 Å². The van der Waals surface area contributed by atoms with Gasteiger partial charge in [-0.3, -0.25) is 0 Å². The molecule has 0 radical (unpaired) electrons. The van der Waals surface area contributed by atoms with Crippen molar-refractivity contribution in [1.29, 1.82) is 0 Å². The van der Waals surface area contributed by atoms with Gasteiger partial charge in [-0.25, -0.2) is 0 Å². The second kappa shape index (κ2) is 10.8. The summed E-state index contributed by atoms with van der Waals surface area (Å²) >= 11 is 0. The smallest absolute Gasteiger partial charge is 0.0651 e. The summed E-state index contributed by atoms with van der Waals surface area (Å²) in [7, 11) is 0. The molecular weight excluding hydrogens is 234 g/mol. The summed E-state index contributed by atoms with van der Waals surface area (Å²) in [6, 6.07) is 10.3. The molecule has 106 valence electrons. The zero-order valence-corrected chi connectivity index (χ0v) is 12.3. The number of benzene rings is 1. The molecule has 0 aliphatic heterocycles. The van der Waals surface area contributed by atoms with E-state index in [1.807, 2.05) is 18.2 Å². The van der Waals surface area contributed by atoms with E-state index in [0.29, 0.717) is 6.61 Å². The van der Waals surface area contributed by atoms with Crippen LogP contribution in [-0.2, 0) is 4.74 Å². The molecule has 0 N–H and O–H groups in total. The summed E-state index contributed by atoms with van der Waals surface area (Å²) in [6.07, 6.45) is 6.62. The fraction of sp³-hybridized carbons (Fsp3) is 0.529. The molecule has 0 saturated carbocycles. The molecule has 0 heterocycles. The van der Waals surface area contributed by atoms with Gasteiger partial charge in [0.05, 0.1) is 13.2 Å². The quantitative estimate of drug-likeness (QED) is 0.593. The molecule has 0 aromatic heterocycles. The lowest BCUT2D eigenvalue weighted by Gasteiger charge is -2.20. The molecule has 19 heavy (non-hydrogen) atoms. The predicted molar refractivity (Wildman–Crippen MR) is 83.3 cm³/mol. The average molecular weight is 261 g/mol. The van der Waals surface area contributed by atoms with Gasteiger partial charge < -0.3 is 9.64 Å². The van der Waals surface area contributed by atoms with Crippen LogP contribution in [0.3, 0.4) is 0 Å². The highest BCUT2D eigenvalue weighted by Crippen LogP contribution is 2.00. The lowest BCUT2D eigenvalue weighted by Crippen LogP contribution is -2.29.